The number of hydrogen-bond donors (Lipinski definition) is 3. The zero-order valence-electron chi connectivity index (χ0n) is 14.6. The molecule has 3 aromatic rings. The maximum atomic E-state index is 13.6. The summed E-state index contributed by atoms with van der Waals surface area (Å²) in [5.41, 5.74) is 1.20. The van der Waals surface area contributed by atoms with Crippen molar-refractivity contribution in [3.8, 4) is 10.6 Å². The van der Waals surface area contributed by atoms with Crippen molar-refractivity contribution in [2.75, 3.05) is 23.3 Å². The number of thiophene rings is 1. The van der Waals surface area contributed by atoms with Gasteiger partial charge in [0, 0.05) is 25.2 Å². The van der Waals surface area contributed by atoms with Crippen LogP contribution >= 0.6 is 11.3 Å². The van der Waals surface area contributed by atoms with E-state index in [1.54, 1.807) is 29.5 Å². The molecule has 0 radical (unpaired) electrons. The third kappa shape index (κ3) is 4.11. The summed E-state index contributed by atoms with van der Waals surface area (Å²) in [4.78, 5) is 15.5. The standard InChI is InChI=1S/C19H20FN5OS/c20-14-4-1-2-5-15(14)22-19(26)21-13-7-9-25(10-8-13)18-12-16(23-24-18)17-6-3-11-27-17/h1-6,11-13H,7-10H2,(H,23,24)(H2,21,22,26). The van der Waals surface area contributed by atoms with Gasteiger partial charge >= 0.3 is 6.03 Å². The highest BCUT2D eigenvalue weighted by Crippen LogP contribution is 2.27. The number of rotatable bonds is 4. The van der Waals surface area contributed by atoms with Gasteiger partial charge in [-0.05, 0) is 36.4 Å². The Labute approximate surface area is 160 Å². The van der Waals surface area contributed by atoms with E-state index in [-0.39, 0.29) is 17.8 Å². The quantitative estimate of drug-likeness (QED) is 0.634. The van der Waals surface area contributed by atoms with Gasteiger partial charge in [0.15, 0.2) is 5.82 Å². The zero-order valence-corrected chi connectivity index (χ0v) is 15.4. The van der Waals surface area contributed by atoms with E-state index in [4.69, 9.17) is 0 Å². The topological polar surface area (TPSA) is 73.1 Å². The highest BCUT2D eigenvalue weighted by atomic mass is 32.1. The predicted molar refractivity (Wildman–Crippen MR) is 106 cm³/mol. The molecule has 140 valence electrons. The van der Waals surface area contributed by atoms with Gasteiger partial charge in [-0.15, -0.1) is 11.3 Å². The first-order valence-corrected chi connectivity index (χ1v) is 9.73. The van der Waals surface area contributed by atoms with Gasteiger partial charge in [-0.3, -0.25) is 5.10 Å². The van der Waals surface area contributed by atoms with Gasteiger partial charge in [-0.1, -0.05) is 18.2 Å². The highest BCUT2D eigenvalue weighted by molar-refractivity contribution is 7.13. The molecule has 2 amide bonds. The zero-order chi connectivity index (χ0) is 18.6. The number of piperidine rings is 1. The van der Waals surface area contributed by atoms with Gasteiger partial charge in [0.2, 0.25) is 0 Å². The first-order chi connectivity index (χ1) is 13.2. The van der Waals surface area contributed by atoms with Crippen LogP contribution in [0.3, 0.4) is 0 Å². The van der Waals surface area contributed by atoms with Crippen molar-refractivity contribution in [2.24, 2.45) is 0 Å². The molecule has 1 aliphatic heterocycles. The molecule has 6 nitrogen and oxygen atoms in total. The van der Waals surface area contributed by atoms with E-state index in [0.29, 0.717) is 0 Å². The van der Waals surface area contributed by atoms with Crippen molar-refractivity contribution in [1.29, 1.82) is 0 Å². The number of benzene rings is 1. The van der Waals surface area contributed by atoms with Gasteiger partial charge in [0.1, 0.15) is 5.82 Å². The van der Waals surface area contributed by atoms with Crippen LogP contribution in [0.15, 0.2) is 47.8 Å². The molecule has 1 aromatic carbocycles. The van der Waals surface area contributed by atoms with Crippen LogP contribution < -0.4 is 15.5 Å². The lowest BCUT2D eigenvalue weighted by Crippen LogP contribution is -2.46. The number of H-pyrrole nitrogens is 1. The number of carbonyl (C=O) groups excluding carboxylic acids is 1. The predicted octanol–water partition coefficient (Wildman–Crippen LogP) is 4.07. The minimum absolute atomic E-state index is 0.0590. The number of anilines is 2. The summed E-state index contributed by atoms with van der Waals surface area (Å²) in [6.07, 6.45) is 1.62. The molecule has 8 heteroatoms. The van der Waals surface area contributed by atoms with Crippen LogP contribution in [-0.4, -0.2) is 35.4 Å². The number of amides is 2. The van der Waals surface area contributed by atoms with Crippen LogP contribution in [0.4, 0.5) is 20.7 Å². The monoisotopic (exact) mass is 385 g/mol. The molecule has 1 fully saturated rings. The van der Waals surface area contributed by atoms with Crippen molar-refractivity contribution in [2.45, 2.75) is 18.9 Å². The van der Waals surface area contributed by atoms with Gasteiger partial charge in [-0.25, -0.2) is 9.18 Å². The molecule has 3 heterocycles. The van der Waals surface area contributed by atoms with E-state index in [0.717, 1.165) is 42.3 Å². The second-order valence-electron chi connectivity index (χ2n) is 6.46. The second-order valence-corrected chi connectivity index (χ2v) is 7.40. The lowest BCUT2D eigenvalue weighted by Gasteiger charge is -2.32. The smallest absolute Gasteiger partial charge is 0.319 e. The highest BCUT2D eigenvalue weighted by Gasteiger charge is 2.22. The number of aromatic amines is 1. The molecule has 4 rings (SSSR count). The Morgan fingerprint density at radius 2 is 2.04 bits per heavy atom. The molecule has 0 saturated carbocycles. The fourth-order valence-electron chi connectivity index (χ4n) is 3.19. The van der Waals surface area contributed by atoms with Crippen molar-refractivity contribution < 1.29 is 9.18 Å². The molecule has 0 unspecified atom stereocenters. The number of carbonyl (C=O) groups is 1. The molecular weight excluding hydrogens is 365 g/mol. The summed E-state index contributed by atoms with van der Waals surface area (Å²) in [5.74, 6) is 0.482. The average Bonchev–Trinajstić information content (AvgIpc) is 3.36. The van der Waals surface area contributed by atoms with Gasteiger partial charge in [-0.2, -0.15) is 5.10 Å². The number of aromatic nitrogens is 2. The fraction of sp³-hybridized carbons (Fsp3) is 0.263. The van der Waals surface area contributed by atoms with Crippen LogP contribution in [0.2, 0.25) is 0 Å². The summed E-state index contributed by atoms with van der Waals surface area (Å²) in [6.45, 7) is 1.61. The van der Waals surface area contributed by atoms with Crippen molar-refractivity contribution in [1.82, 2.24) is 15.5 Å². The van der Waals surface area contributed by atoms with Gasteiger partial charge in [0.25, 0.3) is 0 Å². The van der Waals surface area contributed by atoms with E-state index in [2.05, 4.69) is 37.9 Å². The molecule has 3 N–H and O–H groups in total. The molecule has 27 heavy (non-hydrogen) atoms. The molecular formula is C19H20FN5OS. The lowest BCUT2D eigenvalue weighted by molar-refractivity contribution is 0.246. The minimum Gasteiger partial charge on any atom is -0.355 e. The van der Waals surface area contributed by atoms with Crippen LogP contribution in [0.25, 0.3) is 10.6 Å². The Bertz CT molecular complexity index is 902. The Kier molecular flexibility index (Phi) is 5.06. The SMILES string of the molecule is O=C(Nc1ccccc1F)NC1CCN(c2cc(-c3cccs3)[nH]n2)CC1. The minimum atomic E-state index is -0.442. The van der Waals surface area contributed by atoms with E-state index >= 15 is 0 Å². The third-order valence-corrected chi connectivity index (χ3v) is 5.53. The van der Waals surface area contributed by atoms with E-state index in [9.17, 15) is 9.18 Å². The maximum absolute atomic E-state index is 13.6. The summed E-state index contributed by atoms with van der Waals surface area (Å²) in [5, 5.41) is 15.0. The van der Waals surface area contributed by atoms with Crippen LogP contribution in [-0.2, 0) is 0 Å². The van der Waals surface area contributed by atoms with Crippen LogP contribution in [0.1, 0.15) is 12.8 Å². The Morgan fingerprint density at radius 1 is 1.22 bits per heavy atom. The molecule has 1 aliphatic rings. The number of nitrogens with one attached hydrogen (secondary N) is 3. The maximum Gasteiger partial charge on any atom is 0.319 e. The van der Waals surface area contributed by atoms with E-state index < -0.39 is 5.82 Å². The van der Waals surface area contributed by atoms with Crippen LogP contribution in [0, 0.1) is 5.82 Å². The molecule has 0 spiro atoms. The largest absolute Gasteiger partial charge is 0.355 e. The summed E-state index contributed by atoms with van der Waals surface area (Å²) >= 11 is 1.67. The first-order valence-electron chi connectivity index (χ1n) is 8.85. The molecule has 0 aliphatic carbocycles. The van der Waals surface area contributed by atoms with Gasteiger partial charge < -0.3 is 15.5 Å². The summed E-state index contributed by atoms with van der Waals surface area (Å²) in [6, 6.07) is 12.0. The number of nitrogens with zero attached hydrogens (tertiary/aromatic N) is 2. The fourth-order valence-corrected chi connectivity index (χ4v) is 3.88. The Balaban J connectivity index is 1.29. The molecule has 1 saturated heterocycles. The normalized spacial score (nSPS) is 14.9. The Hall–Kier alpha value is -2.87. The van der Waals surface area contributed by atoms with Gasteiger partial charge in [0.05, 0.1) is 16.3 Å². The third-order valence-electron chi connectivity index (χ3n) is 4.63. The van der Waals surface area contributed by atoms with E-state index in [1.165, 1.54) is 6.07 Å². The van der Waals surface area contributed by atoms with Crippen molar-refractivity contribution in [3.63, 3.8) is 0 Å². The molecule has 2 aromatic heterocycles. The lowest BCUT2D eigenvalue weighted by atomic mass is 10.1. The number of urea groups is 1. The van der Waals surface area contributed by atoms with Crippen molar-refractivity contribution in [3.05, 3.63) is 53.7 Å². The second kappa shape index (κ2) is 7.79. The summed E-state index contributed by atoms with van der Waals surface area (Å²) in [7, 11) is 0. The number of halogens is 1. The summed E-state index contributed by atoms with van der Waals surface area (Å²) < 4.78 is 13.6. The Morgan fingerprint density at radius 3 is 2.78 bits per heavy atom. The van der Waals surface area contributed by atoms with Crippen LogP contribution in [0.5, 0.6) is 0 Å². The van der Waals surface area contributed by atoms with Crippen molar-refractivity contribution >= 4 is 28.9 Å². The first kappa shape index (κ1) is 17.5. The molecule has 0 bridgehead atoms. The van der Waals surface area contributed by atoms with E-state index in [1.807, 2.05) is 11.4 Å². The number of para-hydroxylation sites is 1. The number of hydrogen-bond acceptors (Lipinski definition) is 4. The molecule has 0 atom stereocenters. The average molecular weight is 385 g/mol.